The molecule has 0 aliphatic carbocycles. The van der Waals surface area contributed by atoms with Crippen LogP contribution in [0, 0.1) is 0 Å². The van der Waals surface area contributed by atoms with Crippen LogP contribution in [0.3, 0.4) is 0 Å². The van der Waals surface area contributed by atoms with Crippen LogP contribution >= 0.6 is 0 Å². The van der Waals surface area contributed by atoms with E-state index < -0.39 is 0 Å². The Balaban J connectivity index is 1.54. The minimum atomic E-state index is -0.228. The maximum atomic E-state index is 12.5. The molecule has 2 fully saturated rings. The van der Waals surface area contributed by atoms with Crippen molar-refractivity contribution < 1.29 is 9.53 Å². The van der Waals surface area contributed by atoms with E-state index in [0.717, 1.165) is 43.7 Å². The van der Waals surface area contributed by atoms with Crippen LogP contribution in [-0.2, 0) is 9.53 Å². The van der Waals surface area contributed by atoms with E-state index in [4.69, 9.17) is 4.74 Å². The average molecular weight is 300 g/mol. The van der Waals surface area contributed by atoms with Crippen molar-refractivity contribution in [1.82, 2.24) is 19.5 Å². The molecule has 2 aromatic heterocycles. The normalized spacial score (nSPS) is 25.7. The second kappa shape index (κ2) is 5.68. The van der Waals surface area contributed by atoms with E-state index in [2.05, 4.69) is 10.2 Å². The van der Waals surface area contributed by atoms with Gasteiger partial charge in [-0.2, -0.15) is 0 Å². The van der Waals surface area contributed by atoms with Gasteiger partial charge in [0, 0.05) is 31.8 Å². The highest BCUT2D eigenvalue weighted by Crippen LogP contribution is 2.27. The zero-order chi connectivity index (χ0) is 14.9. The summed E-state index contributed by atoms with van der Waals surface area (Å²) in [6, 6.07) is 5.90. The fraction of sp³-hybridized carbons (Fsp3) is 0.562. The third kappa shape index (κ3) is 2.37. The number of aromatic nitrogens is 3. The van der Waals surface area contributed by atoms with Crippen LogP contribution in [0.2, 0.25) is 0 Å². The molecule has 0 radical (unpaired) electrons. The Hall–Kier alpha value is -1.95. The van der Waals surface area contributed by atoms with Crippen LogP contribution in [0.4, 0.5) is 0 Å². The molecular weight excluding hydrogens is 280 g/mol. The molecule has 2 unspecified atom stereocenters. The monoisotopic (exact) mass is 300 g/mol. The third-order valence-corrected chi connectivity index (χ3v) is 4.64. The predicted molar refractivity (Wildman–Crippen MR) is 80.5 cm³/mol. The summed E-state index contributed by atoms with van der Waals surface area (Å²) in [4.78, 5) is 14.5. The maximum absolute atomic E-state index is 12.5. The molecular formula is C16H20N4O2. The van der Waals surface area contributed by atoms with Gasteiger partial charge < -0.3 is 9.64 Å². The van der Waals surface area contributed by atoms with Gasteiger partial charge >= 0.3 is 0 Å². The molecule has 2 aromatic rings. The molecule has 0 bridgehead atoms. The number of carbonyl (C=O) groups is 1. The number of hydrogen-bond acceptors (Lipinski definition) is 4. The molecule has 0 aromatic carbocycles. The number of carbonyl (C=O) groups excluding carboxylic acids is 1. The molecule has 2 aliphatic rings. The minimum Gasteiger partial charge on any atom is -0.368 e. The standard InChI is InChI=1S/C16H20N4O2/c21-16(13-6-4-10-22-13)19-8-3-5-12(11-19)15-18-17-14-7-1-2-9-20(14)15/h1-2,7,9,12-13H,3-6,8,10-11H2. The Morgan fingerprint density at radius 2 is 2.18 bits per heavy atom. The van der Waals surface area contributed by atoms with Gasteiger partial charge in [0.1, 0.15) is 11.9 Å². The summed E-state index contributed by atoms with van der Waals surface area (Å²) >= 11 is 0. The van der Waals surface area contributed by atoms with Crippen LogP contribution in [0.5, 0.6) is 0 Å². The highest BCUT2D eigenvalue weighted by atomic mass is 16.5. The molecule has 6 nitrogen and oxygen atoms in total. The van der Waals surface area contributed by atoms with Gasteiger partial charge in [0.2, 0.25) is 0 Å². The quantitative estimate of drug-likeness (QED) is 0.845. The highest BCUT2D eigenvalue weighted by Gasteiger charge is 2.33. The number of fused-ring (bicyclic) bond motifs is 1. The molecule has 116 valence electrons. The van der Waals surface area contributed by atoms with Gasteiger partial charge in [-0.3, -0.25) is 9.20 Å². The van der Waals surface area contributed by atoms with Crippen molar-refractivity contribution in [2.24, 2.45) is 0 Å². The first-order valence-electron chi connectivity index (χ1n) is 8.03. The number of amides is 1. The summed E-state index contributed by atoms with van der Waals surface area (Å²) < 4.78 is 7.57. The highest BCUT2D eigenvalue weighted by molar-refractivity contribution is 5.81. The fourth-order valence-electron chi connectivity index (χ4n) is 3.50. The SMILES string of the molecule is O=C(C1CCCO1)N1CCCC(c2nnc3ccccn23)C1. The van der Waals surface area contributed by atoms with Crippen LogP contribution in [0.25, 0.3) is 5.65 Å². The number of rotatable bonds is 2. The first-order valence-corrected chi connectivity index (χ1v) is 8.03. The van der Waals surface area contributed by atoms with Gasteiger partial charge in [0.15, 0.2) is 5.65 Å². The molecule has 1 amide bonds. The van der Waals surface area contributed by atoms with Gasteiger partial charge in [-0.1, -0.05) is 6.07 Å². The Kier molecular flexibility index (Phi) is 3.54. The van der Waals surface area contributed by atoms with E-state index in [9.17, 15) is 4.79 Å². The predicted octanol–water partition coefficient (Wildman–Crippen LogP) is 1.61. The van der Waals surface area contributed by atoms with Crippen LogP contribution in [0.1, 0.15) is 37.4 Å². The number of likely N-dealkylation sites (tertiary alicyclic amines) is 1. The summed E-state index contributed by atoms with van der Waals surface area (Å²) in [5.74, 6) is 1.35. The van der Waals surface area contributed by atoms with Crippen molar-refractivity contribution in [1.29, 1.82) is 0 Å². The Bertz CT molecular complexity index is 678. The molecule has 2 saturated heterocycles. The van der Waals surface area contributed by atoms with Crippen LogP contribution < -0.4 is 0 Å². The third-order valence-electron chi connectivity index (χ3n) is 4.64. The molecule has 2 aliphatic heterocycles. The zero-order valence-electron chi connectivity index (χ0n) is 12.5. The number of nitrogens with zero attached hydrogens (tertiary/aromatic N) is 4. The van der Waals surface area contributed by atoms with E-state index in [1.807, 2.05) is 33.7 Å². The van der Waals surface area contributed by atoms with Crippen molar-refractivity contribution >= 4 is 11.6 Å². The topological polar surface area (TPSA) is 59.7 Å². The van der Waals surface area contributed by atoms with Crippen molar-refractivity contribution in [3.63, 3.8) is 0 Å². The van der Waals surface area contributed by atoms with Crippen molar-refractivity contribution in [3.8, 4) is 0 Å². The molecule has 0 N–H and O–H groups in total. The number of ether oxygens (including phenoxy) is 1. The molecule has 0 saturated carbocycles. The molecule has 2 atom stereocenters. The summed E-state index contributed by atoms with van der Waals surface area (Å²) in [5.41, 5.74) is 0.861. The van der Waals surface area contributed by atoms with Crippen molar-refractivity contribution in [2.45, 2.75) is 37.7 Å². The maximum Gasteiger partial charge on any atom is 0.251 e. The largest absolute Gasteiger partial charge is 0.368 e. The van der Waals surface area contributed by atoms with Crippen LogP contribution in [0.15, 0.2) is 24.4 Å². The lowest BCUT2D eigenvalue weighted by Gasteiger charge is -2.33. The Labute approximate surface area is 129 Å². The van der Waals surface area contributed by atoms with Gasteiger partial charge in [-0.05, 0) is 37.8 Å². The van der Waals surface area contributed by atoms with Crippen molar-refractivity contribution in [3.05, 3.63) is 30.2 Å². The smallest absolute Gasteiger partial charge is 0.251 e. The molecule has 4 rings (SSSR count). The summed E-state index contributed by atoms with van der Waals surface area (Å²) in [7, 11) is 0. The lowest BCUT2D eigenvalue weighted by atomic mass is 9.96. The van der Waals surface area contributed by atoms with E-state index in [0.29, 0.717) is 13.2 Å². The van der Waals surface area contributed by atoms with Gasteiger partial charge in [0.25, 0.3) is 5.91 Å². The summed E-state index contributed by atoms with van der Waals surface area (Å²) in [5, 5.41) is 8.58. The molecule has 6 heteroatoms. The number of hydrogen-bond donors (Lipinski definition) is 0. The number of piperidine rings is 1. The van der Waals surface area contributed by atoms with Gasteiger partial charge in [-0.25, -0.2) is 0 Å². The summed E-state index contributed by atoms with van der Waals surface area (Å²) in [6.07, 6.45) is 5.66. The molecule has 4 heterocycles. The molecule has 0 spiro atoms. The Morgan fingerprint density at radius 1 is 1.23 bits per heavy atom. The first kappa shape index (κ1) is 13.7. The fourth-order valence-corrected chi connectivity index (χ4v) is 3.50. The second-order valence-corrected chi connectivity index (χ2v) is 6.11. The second-order valence-electron chi connectivity index (χ2n) is 6.11. The van der Waals surface area contributed by atoms with E-state index >= 15 is 0 Å². The Morgan fingerprint density at radius 3 is 3.05 bits per heavy atom. The average Bonchev–Trinajstić information content (AvgIpc) is 3.24. The van der Waals surface area contributed by atoms with E-state index in [1.165, 1.54) is 0 Å². The molecule has 22 heavy (non-hydrogen) atoms. The van der Waals surface area contributed by atoms with Crippen molar-refractivity contribution in [2.75, 3.05) is 19.7 Å². The van der Waals surface area contributed by atoms with Gasteiger partial charge in [0.05, 0.1) is 0 Å². The minimum absolute atomic E-state index is 0.149. The van der Waals surface area contributed by atoms with Gasteiger partial charge in [-0.15, -0.1) is 10.2 Å². The van der Waals surface area contributed by atoms with E-state index in [-0.39, 0.29) is 17.9 Å². The zero-order valence-corrected chi connectivity index (χ0v) is 12.5. The lowest BCUT2D eigenvalue weighted by Crippen LogP contribution is -2.44. The lowest BCUT2D eigenvalue weighted by molar-refractivity contribution is -0.142. The first-order chi connectivity index (χ1) is 10.8. The summed E-state index contributed by atoms with van der Waals surface area (Å²) in [6.45, 7) is 2.25. The number of pyridine rings is 1. The van der Waals surface area contributed by atoms with E-state index in [1.54, 1.807) is 0 Å². The van der Waals surface area contributed by atoms with Crippen LogP contribution in [-0.4, -0.2) is 51.2 Å².